The number of alkyl halides is 3. The number of pyridine rings is 1. The van der Waals surface area contributed by atoms with Gasteiger partial charge in [-0.3, -0.25) is 9.48 Å². The molecule has 1 saturated heterocycles. The summed E-state index contributed by atoms with van der Waals surface area (Å²) in [4.78, 5) is 31.6. The van der Waals surface area contributed by atoms with Crippen molar-refractivity contribution in [2.45, 2.75) is 20.0 Å². The summed E-state index contributed by atoms with van der Waals surface area (Å²) in [6, 6.07) is 4.70. The first-order valence-corrected chi connectivity index (χ1v) is 10.9. The minimum atomic E-state index is -4.58. The fourth-order valence-electron chi connectivity index (χ4n) is 4.02. The number of ether oxygens (including phenoxy) is 2. The van der Waals surface area contributed by atoms with E-state index < -0.39 is 30.2 Å². The smallest absolute Gasteiger partial charge is 0.416 e. The van der Waals surface area contributed by atoms with Crippen LogP contribution < -0.4 is 10.2 Å². The van der Waals surface area contributed by atoms with Crippen LogP contribution in [0.5, 0.6) is 0 Å². The fraction of sp³-hybridized carbons (Fsp3) is 0.391. The Labute approximate surface area is 198 Å². The average Bonchev–Trinajstić information content (AvgIpc) is 3.09. The summed E-state index contributed by atoms with van der Waals surface area (Å²) < 4.78 is 51.9. The molecule has 3 heterocycles. The van der Waals surface area contributed by atoms with Gasteiger partial charge in [-0.05, 0) is 38.1 Å². The Morgan fingerprint density at radius 3 is 2.57 bits per heavy atom. The number of nitrogens with zero attached hydrogens (tertiary/aromatic N) is 4. The number of fused-ring (bicyclic) bond motifs is 1. The second kappa shape index (κ2) is 9.53. The third-order valence-corrected chi connectivity index (χ3v) is 5.60. The van der Waals surface area contributed by atoms with Gasteiger partial charge >= 0.3 is 12.1 Å². The number of benzene rings is 1. The Kier molecular flexibility index (Phi) is 6.66. The van der Waals surface area contributed by atoms with Gasteiger partial charge in [0, 0.05) is 25.8 Å². The number of nitrogens with one attached hydrogen (secondary N) is 1. The van der Waals surface area contributed by atoms with Gasteiger partial charge < -0.3 is 19.7 Å². The number of carbonyl (C=O) groups is 2. The highest BCUT2D eigenvalue weighted by atomic mass is 19.4. The fourth-order valence-corrected chi connectivity index (χ4v) is 4.02. The Bertz CT molecular complexity index is 1280. The zero-order valence-electron chi connectivity index (χ0n) is 19.4. The van der Waals surface area contributed by atoms with E-state index in [1.165, 1.54) is 6.07 Å². The Balaban J connectivity index is 1.53. The van der Waals surface area contributed by atoms with Crippen LogP contribution in [0.2, 0.25) is 0 Å². The lowest BCUT2D eigenvalue weighted by Crippen LogP contribution is -2.37. The van der Waals surface area contributed by atoms with Crippen molar-refractivity contribution in [2.75, 3.05) is 43.1 Å². The SMILES string of the molecule is Cc1cc(C(=O)OCC(=O)Nc2cc(C(F)(F)F)ccc2N2CCOCC2)c2c(C)nn(C)c2n1. The van der Waals surface area contributed by atoms with Crippen LogP contribution in [0.25, 0.3) is 11.0 Å². The van der Waals surface area contributed by atoms with Crippen molar-refractivity contribution in [1.82, 2.24) is 14.8 Å². The van der Waals surface area contributed by atoms with Crippen molar-refractivity contribution >= 4 is 34.3 Å². The molecule has 186 valence electrons. The monoisotopic (exact) mass is 491 g/mol. The zero-order chi connectivity index (χ0) is 25.3. The van der Waals surface area contributed by atoms with E-state index in [0.717, 1.165) is 12.1 Å². The number of aryl methyl sites for hydroxylation is 3. The van der Waals surface area contributed by atoms with Gasteiger partial charge in [0.2, 0.25) is 0 Å². The highest BCUT2D eigenvalue weighted by Crippen LogP contribution is 2.35. The van der Waals surface area contributed by atoms with E-state index in [1.54, 1.807) is 31.6 Å². The van der Waals surface area contributed by atoms with E-state index in [-0.39, 0.29) is 11.3 Å². The van der Waals surface area contributed by atoms with Crippen LogP contribution >= 0.6 is 0 Å². The van der Waals surface area contributed by atoms with E-state index in [0.29, 0.717) is 54.4 Å². The number of amides is 1. The Hall–Kier alpha value is -3.67. The molecule has 3 aromatic rings. The maximum absolute atomic E-state index is 13.3. The van der Waals surface area contributed by atoms with E-state index >= 15 is 0 Å². The first kappa shape index (κ1) is 24.5. The Morgan fingerprint density at radius 2 is 1.89 bits per heavy atom. The summed E-state index contributed by atoms with van der Waals surface area (Å²) in [5.74, 6) is -1.53. The number of hydrogen-bond acceptors (Lipinski definition) is 7. The van der Waals surface area contributed by atoms with Crippen LogP contribution in [0.4, 0.5) is 24.5 Å². The lowest BCUT2D eigenvalue weighted by atomic mass is 10.1. The third-order valence-electron chi connectivity index (χ3n) is 5.60. The predicted molar refractivity (Wildman–Crippen MR) is 121 cm³/mol. The standard InChI is InChI=1S/C23H24F3N5O4/c1-13-10-16(20-14(2)29-30(3)21(20)27-13)22(33)35-12-19(32)28-17-11-15(23(24,25)26)4-5-18(17)31-6-8-34-9-7-31/h4-5,10-11H,6-9,12H2,1-3H3,(H,28,32). The maximum Gasteiger partial charge on any atom is 0.416 e. The predicted octanol–water partition coefficient (Wildman–Crippen LogP) is 3.24. The van der Waals surface area contributed by atoms with Crippen LogP contribution in [0.3, 0.4) is 0 Å². The minimum Gasteiger partial charge on any atom is -0.452 e. The van der Waals surface area contributed by atoms with Gasteiger partial charge in [0.25, 0.3) is 5.91 Å². The zero-order valence-corrected chi connectivity index (χ0v) is 19.4. The molecule has 0 atom stereocenters. The highest BCUT2D eigenvalue weighted by Gasteiger charge is 2.32. The molecular weight excluding hydrogens is 467 g/mol. The molecular formula is C23H24F3N5O4. The first-order valence-electron chi connectivity index (χ1n) is 10.9. The molecule has 35 heavy (non-hydrogen) atoms. The molecule has 0 bridgehead atoms. The number of anilines is 2. The van der Waals surface area contributed by atoms with Gasteiger partial charge in [-0.1, -0.05) is 0 Å². The van der Waals surface area contributed by atoms with Crippen molar-refractivity contribution < 1.29 is 32.2 Å². The minimum absolute atomic E-state index is 0.0203. The topological polar surface area (TPSA) is 98.6 Å². The third kappa shape index (κ3) is 5.21. The molecule has 2 aromatic heterocycles. The molecule has 1 amide bonds. The largest absolute Gasteiger partial charge is 0.452 e. The molecule has 0 spiro atoms. The summed E-state index contributed by atoms with van der Waals surface area (Å²) in [5.41, 5.74) is 1.36. The molecule has 1 aromatic carbocycles. The van der Waals surface area contributed by atoms with Crippen LogP contribution in [0.1, 0.15) is 27.3 Å². The normalized spacial score (nSPS) is 14.3. The summed E-state index contributed by atoms with van der Waals surface area (Å²) in [7, 11) is 1.70. The number of esters is 1. The average molecular weight is 491 g/mol. The molecule has 0 radical (unpaired) electrons. The van der Waals surface area contributed by atoms with E-state index in [4.69, 9.17) is 9.47 Å². The number of aromatic nitrogens is 3. The lowest BCUT2D eigenvalue weighted by molar-refractivity contribution is -0.137. The number of carbonyl (C=O) groups excluding carboxylic acids is 2. The number of hydrogen-bond donors (Lipinski definition) is 1. The quantitative estimate of drug-likeness (QED) is 0.547. The first-order chi connectivity index (χ1) is 16.5. The molecule has 1 fully saturated rings. The van der Waals surface area contributed by atoms with E-state index in [2.05, 4.69) is 15.4 Å². The van der Waals surface area contributed by atoms with Crippen molar-refractivity contribution in [1.29, 1.82) is 0 Å². The van der Waals surface area contributed by atoms with Gasteiger partial charge in [0.1, 0.15) is 0 Å². The molecule has 4 rings (SSSR count). The number of halogens is 3. The van der Waals surface area contributed by atoms with Crippen LogP contribution in [-0.4, -0.2) is 59.6 Å². The molecule has 1 N–H and O–H groups in total. The van der Waals surface area contributed by atoms with Gasteiger partial charge in [-0.2, -0.15) is 18.3 Å². The van der Waals surface area contributed by atoms with Gasteiger partial charge in [-0.15, -0.1) is 0 Å². The second-order valence-electron chi connectivity index (χ2n) is 8.17. The molecule has 0 unspecified atom stereocenters. The molecule has 0 aliphatic carbocycles. The molecule has 1 aliphatic heterocycles. The van der Waals surface area contributed by atoms with Crippen LogP contribution in [0.15, 0.2) is 24.3 Å². The lowest BCUT2D eigenvalue weighted by Gasteiger charge is -2.31. The maximum atomic E-state index is 13.3. The van der Waals surface area contributed by atoms with Crippen molar-refractivity contribution in [3.63, 3.8) is 0 Å². The molecule has 1 aliphatic rings. The van der Waals surface area contributed by atoms with Crippen molar-refractivity contribution in [3.05, 3.63) is 46.8 Å². The van der Waals surface area contributed by atoms with E-state index in [9.17, 15) is 22.8 Å². The van der Waals surface area contributed by atoms with Crippen LogP contribution in [-0.2, 0) is 27.5 Å². The summed E-state index contributed by atoms with van der Waals surface area (Å²) >= 11 is 0. The van der Waals surface area contributed by atoms with Gasteiger partial charge in [0.05, 0.1) is 46.8 Å². The van der Waals surface area contributed by atoms with Crippen molar-refractivity contribution in [2.24, 2.45) is 7.05 Å². The number of rotatable bonds is 5. The Morgan fingerprint density at radius 1 is 1.17 bits per heavy atom. The molecule has 9 nitrogen and oxygen atoms in total. The van der Waals surface area contributed by atoms with Gasteiger partial charge in [-0.25, -0.2) is 9.78 Å². The molecule has 12 heteroatoms. The van der Waals surface area contributed by atoms with Gasteiger partial charge in [0.15, 0.2) is 12.3 Å². The number of morpholine rings is 1. The highest BCUT2D eigenvalue weighted by molar-refractivity contribution is 6.05. The van der Waals surface area contributed by atoms with Crippen LogP contribution in [0, 0.1) is 13.8 Å². The second-order valence-corrected chi connectivity index (χ2v) is 8.17. The molecule has 0 saturated carbocycles. The summed E-state index contributed by atoms with van der Waals surface area (Å²) in [5, 5.41) is 7.24. The summed E-state index contributed by atoms with van der Waals surface area (Å²) in [6.45, 7) is 4.52. The summed E-state index contributed by atoms with van der Waals surface area (Å²) in [6.07, 6.45) is -4.58. The van der Waals surface area contributed by atoms with E-state index in [1.807, 2.05) is 4.90 Å². The van der Waals surface area contributed by atoms with Crippen molar-refractivity contribution in [3.8, 4) is 0 Å².